The number of anilines is 1. The number of alkyl halides is 3. The molecule has 10 heteroatoms. The van der Waals surface area contributed by atoms with E-state index in [0.29, 0.717) is 11.3 Å². The number of hydrogen-bond acceptors (Lipinski definition) is 6. The maximum absolute atomic E-state index is 12.9. The third kappa shape index (κ3) is 4.74. The number of nitrogens with zero attached hydrogens (tertiary/aromatic N) is 2. The lowest BCUT2D eigenvalue weighted by Crippen LogP contribution is -2.39. The highest BCUT2D eigenvalue weighted by atomic mass is 35.5. The van der Waals surface area contributed by atoms with E-state index in [-0.39, 0.29) is 11.4 Å². The Balaban J connectivity index is 1.72. The second-order valence-corrected chi connectivity index (χ2v) is 6.24. The van der Waals surface area contributed by atoms with Gasteiger partial charge in [0.1, 0.15) is 0 Å². The lowest BCUT2D eigenvalue weighted by Gasteiger charge is -2.14. The molecule has 0 bridgehead atoms. The zero-order chi connectivity index (χ0) is 21.0. The van der Waals surface area contributed by atoms with Gasteiger partial charge in [-0.15, -0.1) is 0 Å². The van der Waals surface area contributed by atoms with Crippen LogP contribution >= 0.6 is 11.6 Å². The summed E-state index contributed by atoms with van der Waals surface area (Å²) in [6, 6.07) is 13.7. The molecular weight excluding hydrogens is 409 g/mol. The number of rotatable bonds is 6. The van der Waals surface area contributed by atoms with Crippen molar-refractivity contribution in [1.29, 1.82) is 5.26 Å². The number of benzene rings is 2. The number of nitrogens with one attached hydrogen (secondary N) is 2. The molecule has 0 saturated carbocycles. The van der Waals surface area contributed by atoms with Gasteiger partial charge in [-0.05, 0) is 18.2 Å². The zero-order valence-electron chi connectivity index (χ0n) is 14.5. The van der Waals surface area contributed by atoms with Crippen LogP contribution < -0.4 is 10.9 Å². The molecule has 0 aliphatic rings. The van der Waals surface area contributed by atoms with Gasteiger partial charge in [0.05, 0.1) is 16.7 Å². The maximum Gasteiger partial charge on any atom is 0.417 e. The highest BCUT2D eigenvalue weighted by Crippen LogP contribution is 2.36. The van der Waals surface area contributed by atoms with Crippen molar-refractivity contribution >= 4 is 23.1 Å². The molecule has 3 rings (SSSR count). The van der Waals surface area contributed by atoms with Crippen molar-refractivity contribution < 1.29 is 22.5 Å². The van der Waals surface area contributed by atoms with Gasteiger partial charge in [0.25, 0.3) is 0 Å². The third-order valence-electron chi connectivity index (χ3n) is 3.84. The minimum absolute atomic E-state index is 0.0279. The van der Waals surface area contributed by atoms with Crippen LogP contribution in [0.1, 0.15) is 16.1 Å². The second kappa shape index (κ2) is 8.34. The molecular formula is C19H12ClF3N4O2. The van der Waals surface area contributed by atoms with E-state index in [1.807, 2.05) is 6.07 Å². The lowest BCUT2D eigenvalue weighted by atomic mass is 10.1. The minimum atomic E-state index is -4.65. The number of halogens is 4. The van der Waals surface area contributed by atoms with Gasteiger partial charge in [0.15, 0.2) is 17.5 Å². The van der Waals surface area contributed by atoms with E-state index in [1.54, 1.807) is 30.3 Å². The molecule has 6 nitrogen and oxygen atoms in total. The van der Waals surface area contributed by atoms with E-state index < -0.39 is 28.6 Å². The average Bonchev–Trinajstić information content (AvgIpc) is 3.19. The minimum Gasteiger partial charge on any atom is -0.356 e. The zero-order valence-corrected chi connectivity index (χ0v) is 15.3. The van der Waals surface area contributed by atoms with Crippen molar-refractivity contribution in [3.8, 4) is 17.4 Å². The van der Waals surface area contributed by atoms with E-state index in [2.05, 4.69) is 16.0 Å². The van der Waals surface area contributed by atoms with Crippen LogP contribution in [0.2, 0.25) is 5.02 Å². The average molecular weight is 421 g/mol. The number of carbonyl (C=O) groups excluding carboxylic acids is 1. The molecule has 3 aromatic rings. The van der Waals surface area contributed by atoms with Crippen molar-refractivity contribution in [2.75, 3.05) is 5.43 Å². The first-order valence-corrected chi connectivity index (χ1v) is 8.51. The van der Waals surface area contributed by atoms with Crippen molar-refractivity contribution in [3.05, 3.63) is 70.9 Å². The summed E-state index contributed by atoms with van der Waals surface area (Å²) in [6.45, 7) is 0. The molecule has 1 unspecified atom stereocenters. The monoisotopic (exact) mass is 420 g/mol. The maximum atomic E-state index is 12.9. The van der Waals surface area contributed by atoms with Crippen LogP contribution in [-0.2, 0) is 6.18 Å². The topological polar surface area (TPSA) is 91.0 Å². The molecule has 0 radical (unpaired) electrons. The number of aromatic nitrogens is 1. The largest absolute Gasteiger partial charge is 0.417 e. The van der Waals surface area contributed by atoms with Crippen molar-refractivity contribution in [2.24, 2.45) is 0 Å². The van der Waals surface area contributed by atoms with Crippen molar-refractivity contribution in [1.82, 2.24) is 10.6 Å². The summed E-state index contributed by atoms with van der Waals surface area (Å²) in [7, 11) is 0. The molecule has 1 atom stereocenters. The Morgan fingerprint density at radius 3 is 2.55 bits per heavy atom. The van der Waals surface area contributed by atoms with Crippen LogP contribution in [0.4, 0.5) is 18.9 Å². The van der Waals surface area contributed by atoms with Crippen LogP contribution in [0.15, 0.2) is 59.1 Å². The Kier molecular flexibility index (Phi) is 5.87. The summed E-state index contributed by atoms with van der Waals surface area (Å²) in [5.74, 6) is -0.373. The smallest absolute Gasteiger partial charge is 0.356 e. The SMILES string of the molecule is N#CC(NNc1ccc(Cl)c(C(F)(F)F)c1)C(=O)c1cc(-c2ccccc2)on1. The van der Waals surface area contributed by atoms with Crippen LogP contribution in [0.5, 0.6) is 0 Å². The molecule has 2 N–H and O–H groups in total. The summed E-state index contributed by atoms with van der Waals surface area (Å²) < 4.78 is 43.9. The second-order valence-electron chi connectivity index (χ2n) is 5.83. The first kappa shape index (κ1) is 20.4. The molecule has 0 aliphatic heterocycles. The number of Topliss-reactive ketones (excluding diaryl/α,β-unsaturated/α-hetero) is 1. The summed E-state index contributed by atoms with van der Waals surface area (Å²) in [4.78, 5) is 12.5. The molecule has 1 aromatic heterocycles. The fraction of sp³-hybridized carbons (Fsp3) is 0.105. The van der Waals surface area contributed by atoms with Crippen molar-refractivity contribution in [3.63, 3.8) is 0 Å². The number of ketones is 1. The molecule has 1 heterocycles. The van der Waals surface area contributed by atoms with Gasteiger partial charge in [-0.1, -0.05) is 47.1 Å². The molecule has 0 spiro atoms. The number of hydrogen-bond donors (Lipinski definition) is 2. The Labute approximate surface area is 167 Å². The highest BCUT2D eigenvalue weighted by Gasteiger charge is 2.33. The molecule has 148 valence electrons. The van der Waals surface area contributed by atoms with Gasteiger partial charge >= 0.3 is 6.18 Å². The molecule has 0 aliphatic carbocycles. The summed E-state index contributed by atoms with van der Waals surface area (Å²) in [5, 5.41) is 12.5. The normalized spacial score (nSPS) is 12.2. The van der Waals surface area contributed by atoms with E-state index >= 15 is 0 Å². The third-order valence-corrected chi connectivity index (χ3v) is 4.17. The Hall–Kier alpha value is -3.35. The van der Waals surface area contributed by atoms with Crippen LogP contribution in [-0.4, -0.2) is 17.0 Å². The molecule has 0 fully saturated rings. The summed E-state index contributed by atoms with van der Waals surface area (Å²) >= 11 is 5.56. The highest BCUT2D eigenvalue weighted by molar-refractivity contribution is 6.31. The van der Waals surface area contributed by atoms with Gasteiger partial charge in [-0.25, -0.2) is 5.43 Å². The first-order chi connectivity index (χ1) is 13.8. The number of nitriles is 1. The Morgan fingerprint density at radius 2 is 1.90 bits per heavy atom. The van der Waals surface area contributed by atoms with E-state index in [4.69, 9.17) is 16.1 Å². The Morgan fingerprint density at radius 1 is 1.17 bits per heavy atom. The van der Waals surface area contributed by atoms with Crippen molar-refractivity contribution in [2.45, 2.75) is 12.2 Å². The summed E-state index contributed by atoms with van der Waals surface area (Å²) in [6.07, 6.45) is -4.65. The van der Waals surface area contributed by atoms with Gasteiger partial charge in [0.2, 0.25) is 5.78 Å². The van der Waals surface area contributed by atoms with E-state index in [1.165, 1.54) is 12.1 Å². The fourth-order valence-electron chi connectivity index (χ4n) is 2.41. The predicted octanol–water partition coefficient (Wildman–Crippen LogP) is 4.71. The molecule has 2 aromatic carbocycles. The number of hydrazine groups is 1. The van der Waals surface area contributed by atoms with E-state index in [9.17, 15) is 23.2 Å². The number of carbonyl (C=O) groups is 1. The van der Waals surface area contributed by atoms with Gasteiger partial charge in [0, 0.05) is 17.3 Å². The van der Waals surface area contributed by atoms with Crippen LogP contribution in [0.25, 0.3) is 11.3 Å². The lowest BCUT2D eigenvalue weighted by molar-refractivity contribution is -0.137. The van der Waals surface area contributed by atoms with Crippen LogP contribution in [0.3, 0.4) is 0 Å². The Bertz CT molecular complexity index is 1060. The molecule has 29 heavy (non-hydrogen) atoms. The van der Waals surface area contributed by atoms with Gasteiger partial charge in [-0.2, -0.15) is 18.4 Å². The summed E-state index contributed by atoms with van der Waals surface area (Å²) in [5.41, 5.74) is 4.31. The standard InChI is InChI=1S/C19H12ClF3N4O2/c20-14-7-6-12(8-13(14)19(21,22)23)25-26-16(10-24)18(28)15-9-17(29-27-15)11-4-2-1-3-5-11/h1-9,16,25-26H. The van der Waals surface area contributed by atoms with Gasteiger partial charge < -0.3 is 9.95 Å². The molecule has 0 amide bonds. The van der Waals surface area contributed by atoms with E-state index in [0.717, 1.165) is 12.1 Å². The first-order valence-electron chi connectivity index (χ1n) is 8.14. The fourth-order valence-corrected chi connectivity index (χ4v) is 2.63. The quantitative estimate of drug-likeness (QED) is 0.443. The van der Waals surface area contributed by atoms with Crippen LogP contribution in [0, 0.1) is 11.3 Å². The predicted molar refractivity (Wildman–Crippen MR) is 98.9 cm³/mol. The van der Waals surface area contributed by atoms with Gasteiger partial charge in [-0.3, -0.25) is 4.79 Å². The molecule has 0 saturated heterocycles.